The van der Waals surface area contributed by atoms with Crippen LogP contribution in [0.3, 0.4) is 0 Å². The monoisotopic (exact) mass is 404 g/mol. The van der Waals surface area contributed by atoms with Crippen molar-refractivity contribution >= 4 is 5.91 Å². The molecule has 154 valence electrons. The molecule has 30 heavy (non-hydrogen) atoms. The zero-order chi connectivity index (χ0) is 20.8. The van der Waals surface area contributed by atoms with Crippen molar-refractivity contribution in [2.24, 2.45) is 5.92 Å². The second kappa shape index (κ2) is 7.35. The summed E-state index contributed by atoms with van der Waals surface area (Å²) in [4.78, 5) is 18.9. The minimum Gasteiger partial charge on any atom is -0.337 e. The Kier molecular flexibility index (Phi) is 4.65. The fourth-order valence-corrected chi connectivity index (χ4v) is 4.70. The molecule has 1 saturated carbocycles. The van der Waals surface area contributed by atoms with Gasteiger partial charge in [-0.1, -0.05) is 31.0 Å². The fraction of sp³-hybridized carbons (Fsp3) is 0.375. The second-order valence-corrected chi connectivity index (χ2v) is 8.56. The summed E-state index contributed by atoms with van der Waals surface area (Å²) in [6.45, 7) is 3.16. The molecule has 3 aromatic rings. The van der Waals surface area contributed by atoms with Gasteiger partial charge in [0.15, 0.2) is 0 Å². The van der Waals surface area contributed by atoms with Crippen LogP contribution in [0.25, 0.3) is 22.4 Å². The molecule has 0 spiro atoms. The topological polar surface area (TPSA) is 51.0 Å². The summed E-state index contributed by atoms with van der Waals surface area (Å²) in [7, 11) is 1.80. The molecular formula is C24H25FN4O. The smallest absolute Gasteiger partial charge is 0.254 e. The molecule has 1 aromatic carbocycles. The molecule has 2 aromatic heterocycles. The second-order valence-electron chi connectivity index (χ2n) is 8.56. The van der Waals surface area contributed by atoms with Gasteiger partial charge in [0.2, 0.25) is 5.95 Å². The first kappa shape index (κ1) is 19.0. The molecule has 6 heteroatoms. The average Bonchev–Trinajstić information content (AvgIpc) is 3.44. The summed E-state index contributed by atoms with van der Waals surface area (Å²) in [6.07, 6.45) is 6.33. The number of benzene rings is 1. The number of aryl methyl sites for hydroxylation is 1. The van der Waals surface area contributed by atoms with Gasteiger partial charge in [-0.25, -0.2) is 4.68 Å². The molecule has 1 aliphatic heterocycles. The predicted octanol–water partition coefficient (Wildman–Crippen LogP) is 4.84. The van der Waals surface area contributed by atoms with E-state index in [2.05, 4.69) is 5.10 Å². The number of carbonyl (C=O) groups excluding carboxylic acids is 1. The summed E-state index contributed by atoms with van der Waals surface area (Å²) < 4.78 is 16.8. The molecule has 1 aliphatic carbocycles. The first-order valence-electron chi connectivity index (χ1n) is 10.6. The fourth-order valence-electron chi connectivity index (χ4n) is 4.70. The Morgan fingerprint density at radius 1 is 1.10 bits per heavy atom. The van der Waals surface area contributed by atoms with Crippen LogP contribution in [-0.4, -0.2) is 32.6 Å². The zero-order valence-corrected chi connectivity index (χ0v) is 17.4. The highest BCUT2D eigenvalue weighted by Crippen LogP contribution is 2.35. The third-order valence-electron chi connectivity index (χ3n) is 6.37. The van der Waals surface area contributed by atoms with E-state index in [4.69, 9.17) is 4.98 Å². The summed E-state index contributed by atoms with van der Waals surface area (Å²) in [5.74, 6) is 0.199. The number of aromatic nitrogens is 3. The number of halogens is 1. The highest BCUT2D eigenvalue weighted by molar-refractivity contribution is 5.99. The van der Waals surface area contributed by atoms with Crippen LogP contribution in [0.1, 0.15) is 47.3 Å². The number of hydrogen-bond acceptors (Lipinski definition) is 3. The molecule has 1 amide bonds. The first-order valence-corrected chi connectivity index (χ1v) is 10.6. The maximum atomic E-state index is 15.3. The van der Waals surface area contributed by atoms with E-state index in [1.165, 1.54) is 17.5 Å². The molecule has 0 N–H and O–H groups in total. The third kappa shape index (κ3) is 3.20. The normalized spacial score (nSPS) is 16.5. The standard InChI is InChI=1S/C24H25FN4O/c1-15-7-10-19(21-12-26-29(23(21)25)13-16-5-3-4-6-16)22(27-15)17-8-9-18-14-28(2)24(30)20(18)11-17/h7-12,16H,3-6,13-14H2,1-2H3. The lowest BCUT2D eigenvalue weighted by Gasteiger charge is -2.11. The number of fused-ring (bicyclic) bond motifs is 1. The van der Waals surface area contributed by atoms with Gasteiger partial charge in [0, 0.05) is 42.5 Å². The number of nitrogens with zero attached hydrogens (tertiary/aromatic N) is 4. The van der Waals surface area contributed by atoms with Crippen LogP contribution in [0.5, 0.6) is 0 Å². The average molecular weight is 404 g/mol. The van der Waals surface area contributed by atoms with E-state index in [1.807, 2.05) is 37.3 Å². The summed E-state index contributed by atoms with van der Waals surface area (Å²) in [5, 5.41) is 4.35. The van der Waals surface area contributed by atoms with Crippen molar-refractivity contribution in [3.8, 4) is 22.4 Å². The Hall–Kier alpha value is -3.02. The molecule has 1 fully saturated rings. The Bertz CT molecular complexity index is 1130. The molecule has 5 nitrogen and oxygen atoms in total. The highest BCUT2D eigenvalue weighted by atomic mass is 19.1. The van der Waals surface area contributed by atoms with E-state index in [9.17, 15) is 4.79 Å². The summed E-state index contributed by atoms with van der Waals surface area (Å²) in [5.41, 5.74) is 5.21. The number of carbonyl (C=O) groups is 1. The molecular weight excluding hydrogens is 379 g/mol. The molecule has 0 unspecified atom stereocenters. The maximum absolute atomic E-state index is 15.3. The van der Waals surface area contributed by atoms with E-state index in [1.54, 1.807) is 18.1 Å². The summed E-state index contributed by atoms with van der Waals surface area (Å²) in [6, 6.07) is 9.61. The molecule has 3 heterocycles. The Morgan fingerprint density at radius 2 is 1.90 bits per heavy atom. The minimum absolute atomic E-state index is 0.0108. The van der Waals surface area contributed by atoms with Crippen LogP contribution in [0.15, 0.2) is 36.5 Å². The van der Waals surface area contributed by atoms with E-state index in [0.29, 0.717) is 41.4 Å². The van der Waals surface area contributed by atoms with Gasteiger partial charge in [-0.3, -0.25) is 9.78 Å². The molecule has 0 saturated heterocycles. The zero-order valence-electron chi connectivity index (χ0n) is 17.4. The number of pyridine rings is 1. The molecule has 5 rings (SSSR count). The van der Waals surface area contributed by atoms with Crippen LogP contribution in [0, 0.1) is 18.8 Å². The van der Waals surface area contributed by atoms with Gasteiger partial charge in [-0.15, -0.1) is 0 Å². The van der Waals surface area contributed by atoms with Crippen molar-refractivity contribution < 1.29 is 9.18 Å². The van der Waals surface area contributed by atoms with Crippen molar-refractivity contribution in [3.05, 3.63) is 59.3 Å². The minimum atomic E-state index is -0.314. The molecule has 2 aliphatic rings. The third-order valence-corrected chi connectivity index (χ3v) is 6.37. The number of amides is 1. The van der Waals surface area contributed by atoms with Crippen LogP contribution in [0.2, 0.25) is 0 Å². The van der Waals surface area contributed by atoms with Gasteiger partial charge in [-0.05, 0) is 43.4 Å². The number of hydrogen-bond donors (Lipinski definition) is 0. The maximum Gasteiger partial charge on any atom is 0.254 e. The van der Waals surface area contributed by atoms with Gasteiger partial charge in [0.25, 0.3) is 5.91 Å². The van der Waals surface area contributed by atoms with Gasteiger partial charge < -0.3 is 4.90 Å². The lowest BCUT2D eigenvalue weighted by Crippen LogP contribution is -2.17. The van der Waals surface area contributed by atoms with E-state index in [-0.39, 0.29) is 11.9 Å². The van der Waals surface area contributed by atoms with Crippen LogP contribution >= 0.6 is 0 Å². The SMILES string of the molecule is Cc1ccc(-c2cnn(CC3CCCC3)c2F)c(-c2ccc3c(c2)C(=O)N(C)C3)n1. The van der Waals surface area contributed by atoms with E-state index < -0.39 is 0 Å². The van der Waals surface area contributed by atoms with Crippen molar-refractivity contribution in [2.45, 2.75) is 45.7 Å². The Morgan fingerprint density at radius 3 is 2.70 bits per heavy atom. The molecule has 0 radical (unpaired) electrons. The van der Waals surface area contributed by atoms with E-state index >= 15 is 4.39 Å². The Balaban J connectivity index is 1.56. The van der Waals surface area contributed by atoms with Gasteiger partial charge in [-0.2, -0.15) is 9.49 Å². The van der Waals surface area contributed by atoms with Crippen LogP contribution < -0.4 is 0 Å². The lowest BCUT2D eigenvalue weighted by atomic mass is 9.98. The van der Waals surface area contributed by atoms with Crippen molar-refractivity contribution in [3.63, 3.8) is 0 Å². The van der Waals surface area contributed by atoms with Crippen LogP contribution in [0.4, 0.5) is 4.39 Å². The molecule has 0 atom stereocenters. The molecule has 0 bridgehead atoms. The predicted molar refractivity (Wildman–Crippen MR) is 113 cm³/mol. The van der Waals surface area contributed by atoms with E-state index in [0.717, 1.165) is 29.7 Å². The largest absolute Gasteiger partial charge is 0.337 e. The van der Waals surface area contributed by atoms with Crippen molar-refractivity contribution in [1.29, 1.82) is 0 Å². The van der Waals surface area contributed by atoms with Crippen molar-refractivity contribution in [2.75, 3.05) is 7.05 Å². The highest BCUT2D eigenvalue weighted by Gasteiger charge is 2.26. The first-order chi connectivity index (χ1) is 14.5. The van der Waals surface area contributed by atoms with Crippen molar-refractivity contribution in [1.82, 2.24) is 19.7 Å². The summed E-state index contributed by atoms with van der Waals surface area (Å²) >= 11 is 0. The lowest BCUT2D eigenvalue weighted by molar-refractivity contribution is 0.0816. The Labute approximate surface area is 175 Å². The van der Waals surface area contributed by atoms with Gasteiger partial charge in [0.05, 0.1) is 17.5 Å². The van der Waals surface area contributed by atoms with Crippen LogP contribution in [-0.2, 0) is 13.1 Å². The van der Waals surface area contributed by atoms with Gasteiger partial charge >= 0.3 is 0 Å². The quantitative estimate of drug-likeness (QED) is 0.625. The number of rotatable bonds is 4. The van der Waals surface area contributed by atoms with Gasteiger partial charge in [0.1, 0.15) is 0 Å².